The van der Waals surface area contributed by atoms with E-state index in [0.717, 1.165) is 12.8 Å². The number of amides is 1. The maximum Gasteiger partial charge on any atom is 0.251 e. The van der Waals surface area contributed by atoms with E-state index < -0.39 is 5.82 Å². The zero-order chi connectivity index (χ0) is 16.4. The summed E-state index contributed by atoms with van der Waals surface area (Å²) in [6, 6.07) is 4.57. The SMILES string of the molecule is CC(=O)c1ccc(N2CCN(C(=O)[C@@H]3CCCO3)CC2)c(F)c1. The molecule has 1 atom stereocenters. The lowest BCUT2D eigenvalue weighted by molar-refractivity contribution is -0.141. The standard InChI is InChI=1S/C17H21FN2O3/c1-12(21)13-4-5-15(14(18)11-13)19-6-8-20(9-7-19)17(22)16-3-2-10-23-16/h4-5,11,16H,2-3,6-10H2,1H3/t16-/m0/s1. The number of ketones is 1. The lowest BCUT2D eigenvalue weighted by Gasteiger charge is -2.37. The molecule has 0 saturated carbocycles. The maximum atomic E-state index is 14.2. The highest BCUT2D eigenvalue weighted by Gasteiger charge is 2.30. The Morgan fingerprint density at radius 1 is 1.22 bits per heavy atom. The first kappa shape index (κ1) is 15.9. The largest absolute Gasteiger partial charge is 0.368 e. The van der Waals surface area contributed by atoms with Crippen molar-refractivity contribution >= 4 is 17.4 Å². The van der Waals surface area contributed by atoms with Gasteiger partial charge >= 0.3 is 0 Å². The van der Waals surface area contributed by atoms with E-state index in [0.29, 0.717) is 44.0 Å². The van der Waals surface area contributed by atoms with Gasteiger partial charge in [-0.3, -0.25) is 9.59 Å². The van der Waals surface area contributed by atoms with Gasteiger partial charge in [-0.05, 0) is 38.0 Å². The van der Waals surface area contributed by atoms with Crippen LogP contribution in [0.5, 0.6) is 0 Å². The molecular weight excluding hydrogens is 299 g/mol. The Balaban J connectivity index is 1.62. The van der Waals surface area contributed by atoms with Crippen LogP contribution in [0.4, 0.5) is 10.1 Å². The molecular formula is C17H21FN2O3. The number of Topliss-reactive ketones (excluding diaryl/α,β-unsaturated/α-hetero) is 1. The minimum absolute atomic E-state index is 0.0505. The molecule has 23 heavy (non-hydrogen) atoms. The summed E-state index contributed by atoms with van der Waals surface area (Å²) in [4.78, 5) is 27.3. The molecule has 6 heteroatoms. The van der Waals surface area contributed by atoms with Gasteiger partial charge in [-0.25, -0.2) is 4.39 Å². The number of anilines is 1. The highest BCUT2D eigenvalue weighted by atomic mass is 19.1. The Morgan fingerprint density at radius 2 is 1.96 bits per heavy atom. The molecule has 0 aromatic heterocycles. The molecule has 1 amide bonds. The minimum Gasteiger partial charge on any atom is -0.368 e. The van der Waals surface area contributed by atoms with Crippen LogP contribution in [-0.2, 0) is 9.53 Å². The van der Waals surface area contributed by atoms with Crippen molar-refractivity contribution in [3.05, 3.63) is 29.6 Å². The van der Waals surface area contributed by atoms with E-state index in [4.69, 9.17) is 4.74 Å². The van der Waals surface area contributed by atoms with Gasteiger partial charge in [0.25, 0.3) is 5.91 Å². The highest BCUT2D eigenvalue weighted by molar-refractivity contribution is 5.94. The second-order valence-corrected chi connectivity index (χ2v) is 6.04. The fraction of sp³-hybridized carbons (Fsp3) is 0.529. The first-order valence-corrected chi connectivity index (χ1v) is 8.02. The summed E-state index contributed by atoms with van der Waals surface area (Å²) < 4.78 is 19.6. The predicted octanol–water partition coefficient (Wildman–Crippen LogP) is 1.86. The highest BCUT2D eigenvalue weighted by Crippen LogP contribution is 2.23. The van der Waals surface area contributed by atoms with Gasteiger partial charge in [-0.1, -0.05) is 0 Å². The number of carbonyl (C=O) groups is 2. The predicted molar refractivity (Wildman–Crippen MR) is 84.2 cm³/mol. The van der Waals surface area contributed by atoms with Crippen LogP contribution in [-0.4, -0.2) is 55.5 Å². The van der Waals surface area contributed by atoms with Crippen molar-refractivity contribution in [2.24, 2.45) is 0 Å². The van der Waals surface area contributed by atoms with Gasteiger partial charge in [-0.2, -0.15) is 0 Å². The van der Waals surface area contributed by atoms with Crippen molar-refractivity contribution in [3.8, 4) is 0 Å². The average Bonchev–Trinajstić information content (AvgIpc) is 3.08. The van der Waals surface area contributed by atoms with Crippen molar-refractivity contribution < 1.29 is 18.7 Å². The van der Waals surface area contributed by atoms with E-state index in [1.165, 1.54) is 13.0 Å². The number of rotatable bonds is 3. The topological polar surface area (TPSA) is 49.9 Å². The van der Waals surface area contributed by atoms with Crippen LogP contribution < -0.4 is 4.90 Å². The summed E-state index contributed by atoms with van der Waals surface area (Å²) in [5.41, 5.74) is 0.859. The van der Waals surface area contributed by atoms with Crippen molar-refractivity contribution in [1.82, 2.24) is 4.90 Å². The molecule has 124 valence electrons. The first-order valence-electron chi connectivity index (χ1n) is 8.02. The van der Waals surface area contributed by atoms with Crippen molar-refractivity contribution in [1.29, 1.82) is 0 Å². The van der Waals surface area contributed by atoms with E-state index in [2.05, 4.69) is 0 Å². The van der Waals surface area contributed by atoms with Gasteiger partial charge in [0.05, 0.1) is 5.69 Å². The zero-order valence-corrected chi connectivity index (χ0v) is 13.3. The normalized spacial score (nSPS) is 21.6. The Labute approximate surface area is 135 Å². The van der Waals surface area contributed by atoms with E-state index in [1.807, 2.05) is 4.90 Å². The summed E-state index contributed by atoms with van der Waals surface area (Å²) >= 11 is 0. The van der Waals surface area contributed by atoms with Gasteiger partial charge in [0, 0.05) is 38.3 Å². The van der Waals surface area contributed by atoms with Gasteiger partial charge in [0.1, 0.15) is 11.9 Å². The number of nitrogens with zero attached hydrogens (tertiary/aromatic N) is 2. The summed E-state index contributed by atoms with van der Waals surface area (Å²) in [5.74, 6) is -0.492. The quantitative estimate of drug-likeness (QED) is 0.798. The molecule has 2 aliphatic rings. The monoisotopic (exact) mass is 320 g/mol. The number of ether oxygens (including phenoxy) is 1. The van der Waals surface area contributed by atoms with Crippen LogP contribution in [0.3, 0.4) is 0 Å². The molecule has 2 saturated heterocycles. The molecule has 0 spiro atoms. The summed E-state index contributed by atoms with van der Waals surface area (Å²) in [5, 5.41) is 0. The fourth-order valence-corrected chi connectivity index (χ4v) is 3.13. The number of piperazine rings is 1. The molecule has 1 aromatic rings. The summed E-state index contributed by atoms with van der Waals surface area (Å²) in [6.07, 6.45) is 1.43. The lowest BCUT2D eigenvalue weighted by atomic mass is 10.1. The minimum atomic E-state index is -0.392. The molecule has 0 bridgehead atoms. The zero-order valence-electron chi connectivity index (χ0n) is 13.3. The first-order chi connectivity index (χ1) is 11.1. The molecule has 2 aliphatic heterocycles. The molecule has 1 aromatic carbocycles. The van der Waals surface area contributed by atoms with Crippen LogP contribution in [0.1, 0.15) is 30.1 Å². The van der Waals surface area contributed by atoms with Crippen molar-refractivity contribution in [3.63, 3.8) is 0 Å². The molecule has 2 heterocycles. The van der Waals surface area contributed by atoms with Gasteiger partial charge < -0.3 is 14.5 Å². The Bertz CT molecular complexity index is 606. The average molecular weight is 320 g/mol. The Morgan fingerprint density at radius 3 is 2.52 bits per heavy atom. The van der Waals surface area contributed by atoms with E-state index >= 15 is 0 Å². The van der Waals surface area contributed by atoms with Gasteiger partial charge in [0.2, 0.25) is 0 Å². The number of carbonyl (C=O) groups excluding carboxylic acids is 2. The molecule has 0 N–H and O–H groups in total. The third kappa shape index (κ3) is 3.37. The number of benzene rings is 1. The second kappa shape index (κ2) is 6.66. The smallest absolute Gasteiger partial charge is 0.251 e. The molecule has 0 unspecified atom stereocenters. The van der Waals surface area contributed by atoms with E-state index in [-0.39, 0.29) is 17.8 Å². The van der Waals surface area contributed by atoms with Crippen molar-refractivity contribution in [2.75, 3.05) is 37.7 Å². The Hall–Kier alpha value is -1.95. The molecule has 5 nitrogen and oxygen atoms in total. The number of hydrogen-bond donors (Lipinski definition) is 0. The fourth-order valence-electron chi connectivity index (χ4n) is 3.13. The number of halogens is 1. The summed E-state index contributed by atoms with van der Waals surface area (Å²) in [7, 11) is 0. The lowest BCUT2D eigenvalue weighted by Crippen LogP contribution is -2.51. The van der Waals surface area contributed by atoms with Crippen LogP contribution in [0, 0.1) is 5.82 Å². The number of hydrogen-bond acceptors (Lipinski definition) is 4. The third-order valence-corrected chi connectivity index (χ3v) is 4.49. The van der Waals surface area contributed by atoms with Gasteiger partial charge in [0.15, 0.2) is 5.78 Å². The van der Waals surface area contributed by atoms with Crippen molar-refractivity contribution in [2.45, 2.75) is 25.9 Å². The van der Waals surface area contributed by atoms with E-state index in [1.54, 1.807) is 17.0 Å². The van der Waals surface area contributed by atoms with Crippen LogP contribution in [0.15, 0.2) is 18.2 Å². The van der Waals surface area contributed by atoms with Gasteiger partial charge in [-0.15, -0.1) is 0 Å². The third-order valence-electron chi connectivity index (χ3n) is 4.49. The second-order valence-electron chi connectivity index (χ2n) is 6.04. The molecule has 2 fully saturated rings. The summed E-state index contributed by atoms with van der Waals surface area (Å²) in [6.45, 7) is 4.36. The Kier molecular flexibility index (Phi) is 4.61. The molecule has 3 rings (SSSR count). The molecule has 0 radical (unpaired) electrons. The van der Waals surface area contributed by atoms with Crippen LogP contribution in [0.25, 0.3) is 0 Å². The molecule has 0 aliphatic carbocycles. The van der Waals surface area contributed by atoms with Crippen LogP contribution in [0.2, 0.25) is 0 Å². The van der Waals surface area contributed by atoms with Crippen LogP contribution >= 0.6 is 0 Å². The maximum absolute atomic E-state index is 14.2. The van der Waals surface area contributed by atoms with E-state index in [9.17, 15) is 14.0 Å².